The van der Waals surface area contributed by atoms with Crippen molar-refractivity contribution in [3.8, 4) is 0 Å². The molecule has 1 fully saturated rings. The first-order valence-electron chi connectivity index (χ1n) is 8.79. The van der Waals surface area contributed by atoms with Crippen LogP contribution in [-0.4, -0.2) is 24.4 Å². The third kappa shape index (κ3) is 6.05. The van der Waals surface area contributed by atoms with Crippen LogP contribution >= 0.6 is 12.4 Å². The second-order valence-electron chi connectivity index (χ2n) is 6.38. The standard InChI is InChI=1S/C20H22FN3O2.ClH/c21-16-9-7-15(8-10-16)19(25)24-17-5-3-4-14(12-17)13-23-20(26)18-6-1-2-11-22-18;/h3-5,7-10,12,18,22H,1-2,6,11,13H2,(H,23,26)(H,24,25);1H. The lowest BCUT2D eigenvalue weighted by atomic mass is 10.0. The third-order valence-electron chi connectivity index (χ3n) is 4.38. The first-order chi connectivity index (χ1) is 12.6. The lowest BCUT2D eigenvalue weighted by molar-refractivity contribution is -0.123. The Labute approximate surface area is 164 Å². The molecular formula is C20H23ClFN3O2. The van der Waals surface area contributed by atoms with E-state index < -0.39 is 0 Å². The van der Waals surface area contributed by atoms with Gasteiger partial charge in [0, 0.05) is 17.8 Å². The summed E-state index contributed by atoms with van der Waals surface area (Å²) in [4.78, 5) is 24.4. The maximum atomic E-state index is 12.9. The molecule has 2 amide bonds. The maximum Gasteiger partial charge on any atom is 0.255 e. The van der Waals surface area contributed by atoms with E-state index in [9.17, 15) is 14.0 Å². The number of rotatable bonds is 5. The molecule has 1 saturated heterocycles. The first kappa shape index (κ1) is 20.9. The molecule has 7 heteroatoms. The largest absolute Gasteiger partial charge is 0.351 e. The van der Waals surface area contributed by atoms with Gasteiger partial charge in [-0.1, -0.05) is 18.6 Å². The van der Waals surface area contributed by atoms with Crippen molar-refractivity contribution in [2.24, 2.45) is 0 Å². The Morgan fingerprint density at radius 2 is 1.89 bits per heavy atom. The third-order valence-corrected chi connectivity index (χ3v) is 4.38. The van der Waals surface area contributed by atoms with Crippen molar-refractivity contribution in [2.75, 3.05) is 11.9 Å². The van der Waals surface area contributed by atoms with Crippen LogP contribution in [0.5, 0.6) is 0 Å². The molecule has 0 bridgehead atoms. The van der Waals surface area contributed by atoms with Gasteiger partial charge in [0.15, 0.2) is 0 Å². The van der Waals surface area contributed by atoms with Crippen LogP contribution in [0, 0.1) is 5.82 Å². The molecule has 1 unspecified atom stereocenters. The van der Waals surface area contributed by atoms with Gasteiger partial charge in [-0.15, -0.1) is 12.4 Å². The second-order valence-corrected chi connectivity index (χ2v) is 6.38. The smallest absolute Gasteiger partial charge is 0.255 e. The molecule has 0 saturated carbocycles. The topological polar surface area (TPSA) is 70.2 Å². The van der Waals surface area contributed by atoms with E-state index in [4.69, 9.17) is 0 Å². The molecule has 3 N–H and O–H groups in total. The van der Waals surface area contributed by atoms with E-state index in [1.54, 1.807) is 6.07 Å². The predicted molar refractivity (Wildman–Crippen MR) is 106 cm³/mol. The Hall–Kier alpha value is -2.44. The Bertz CT molecular complexity index is 777. The van der Waals surface area contributed by atoms with Crippen LogP contribution in [-0.2, 0) is 11.3 Å². The SMILES string of the molecule is Cl.O=C(Nc1cccc(CNC(=O)C2CCCCN2)c1)c1ccc(F)cc1. The van der Waals surface area contributed by atoms with Gasteiger partial charge in [0.25, 0.3) is 5.91 Å². The van der Waals surface area contributed by atoms with E-state index in [0.717, 1.165) is 31.4 Å². The van der Waals surface area contributed by atoms with Crippen LogP contribution in [0.4, 0.5) is 10.1 Å². The van der Waals surface area contributed by atoms with Gasteiger partial charge in [0.2, 0.25) is 5.91 Å². The van der Waals surface area contributed by atoms with Gasteiger partial charge >= 0.3 is 0 Å². The van der Waals surface area contributed by atoms with Crippen LogP contribution < -0.4 is 16.0 Å². The molecule has 5 nitrogen and oxygen atoms in total. The number of anilines is 1. The lowest BCUT2D eigenvalue weighted by Crippen LogP contribution is -2.46. The lowest BCUT2D eigenvalue weighted by Gasteiger charge is -2.22. The summed E-state index contributed by atoms with van der Waals surface area (Å²) in [6.45, 7) is 1.28. The van der Waals surface area contributed by atoms with Gasteiger partial charge in [-0.2, -0.15) is 0 Å². The van der Waals surface area contributed by atoms with Crippen LogP contribution in [0.15, 0.2) is 48.5 Å². The van der Waals surface area contributed by atoms with Crippen LogP contribution in [0.2, 0.25) is 0 Å². The quantitative estimate of drug-likeness (QED) is 0.732. The highest BCUT2D eigenvalue weighted by molar-refractivity contribution is 6.04. The summed E-state index contributed by atoms with van der Waals surface area (Å²) in [6, 6.07) is 12.6. The van der Waals surface area contributed by atoms with Gasteiger partial charge in [0.1, 0.15) is 5.82 Å². The normalized spacial score (nSPS) is 16.1. The number of carbonyl (C=O) groups is 2. The van der Waals surface area contributed by atoms with Crippen molar-refractivity contribution in [1.29, 1.82) is 0 Å². The monoisotopic (exact) mass is 391 g/mol. The Balaban J connectivity index is 0.00000261. The summed E-state index contributed by atoms with van der Waals surface area (Å²) in [5.74, 6) is -0.685. The molecule has 0 aliphatic carbocycles. The van der Waals surface area contributed by atoms with Gasteiger partial charge in [-0.05, 0) is 61.3 Å². The van der Waals surface area contributed by atoms with Gasteiger partial charge < -0.3 is 16.0 Å². The fourth-order valence-corrected chi connectivity index (χ4v) is 2.95. The minimum atomic E-state index is -0.383. The van der Waals surface area contributed by atoms with E-state index in [2.05, 4.69) is 16.0 Å². The minimum absolute atomic E-state index is 0. The molecule has 27 heavy (non-hydrogen) atoms. The number of carbonyl (C=O) groups excluding carboxylic acids is 2. The van der Waals surface area contributed by atoms with E-state index >= 15 is 0 Å². The number of nitrogens with one attached hydrogen (secondary N) is 3. The van der Waals surface area contributed by atoms with E-state index in [1.165, 1.54) is 24.3 Å². The number of piperidine rings is 1. The Morgan fingerprint density at radius 1 is 1.11 bits per heavy atom. The second kappa shape index (κ2) is 10.0. The average Bonchev–Trinajstić information content (AvgIpc) is 2.67. The van der Waals surface area contributed by atoms with Crippen molar-refractivity contribution < 1.29 is 14.0 Å². The highest BCUT2D eigenvalue weighted by Crippen LogP contribution is 2.13. The minimum Gasteiger partial charge on any atom is -0.351 e. The molecule has 1 aliphatic rings. The van der Waals surface area contributed by atoms with Gasteiger partial charge in [-0.3, -0.25) is 9.59 Å². The van der Waals surface area contributed by atoms with Crippen LogP contribution in [0.25, 0.3) is 0 Å². The Kier molecular flexibility index (Phi) is 7.76. The van der Waals surface area contributed by atoms with Crippen molar-refractivity contribution in [3.63, 3.8) is 0 Å². The van der Waals surface area contributed by atoms with Crippen molar-refractivity contribution in [2.45, 2.75) is 31.8 Å². The molecule has 1 aliphatic heterocycles. The van der Waals surface area contributed by atoms with Crippen LogP contribution in [0.1, 0.15) is 35.2 Å². The molecule has 2 aromatic rings. The summed E-state index contributed by atoms with van der Waals surface area (Å²) in [6.07, 6.45) is 3.04. The molecule has 144 valence electrons. The van der Waals surface area contributed by atoms with Gasteiger partial charge in [0.05, 0.1) is 6.04 Å². The summed E-state index contributed by atoms with van der Waals surface area (Å²) in [5, 5.41) is 8.93. The maximum absolute atomic E-state index is 12.9. The zero-order chi connectivity index (χ0) is 18.4. The molecule has 1 heterocycles. The summed E-state index contributed by atoms with van der Waals surface area (Å²) < 4.78 is 12.9. The zero-order valence-corrected chi connectivity index (χ0v) is 15.7. The summed E-state index contributed by atoms with van der Waals surface area (Å²) in [5.41, 5.74) is 1.90. The summed E-state index contributed by atoms with van der Waals surface area (Å²) >= 11 is 0. The van der Waals surface area contributed by atoms with Crippen LogP contribution in [0.3, 0.4) is 0 Å². The van der Waals surface area contributed by atoms with Crippen molar-refractivity contribution in [1.82, 2.24) is 10.6 Å². The molecule has 3 rings (SSSR count). The van der Waals surface area contributed by atoms with E-state index in [-0.39, 0.29) is 36.1 Å². The van der Waals surface area contributed by atoms with Crippen molar-refractivity contribution in [3.05, 3.63) is 65.5 Å². The number of hydrogen-bond donors (Lipinski definition) is 3. The fourth-order valence-electron chi connectivity index (χ4n) is 2.95. The zero-order valence-electron chi connectivity index (χ0n) is 14.8. The summed E-state index contributed by atoms with van der Waals surface area (Å²) in [7, 11) is 0. The molecule has 2 aromatic carbocycles. The van der Waals surface area contributed by atoms with Gasteiger partial charge in [-0.25, -0.2) is 4.39 Å². The molecule has 0 spiro atoms. The van der Waals surface area contributed by atoms with E-state index in [1.807, 2.05) is 18.2 Å². The molecule has 0 aromatic heterocycles. The molecule has 0 radical (unpaired) electrons. The van der Waals surface area contributed by atoms with E-state index in [0.29, 0.717) is 17.8 Å². The highest BCUT2D eigenvalue weighted by atomic mass is 35.5. The molecule has 1 atom stereocenters. The predicted octanol–water partition coefficient (Wildman–Crippen LogP) is 3.26. The first-order valence-corrected chi connectivity index (χ1v) is 8.79. The number of hydrogen-bond acceptors (Lipinski definition) is 3. The number of halogens is 2. The number of benzene rings is 2. The fraction of sp³-hybridized carbons (Fsp3) is 0.300. The highest BCUT2D eigenvalue weighted by Gasteiger charge is 2.19. The average molecular weight is 392 g/mol. The number of amides is 2. The Morgan fingerprint density at radius 3 is 2.59 bits per heavy atom. The van der Waals surface area contributed by atoms with Crippen molar-refractivity contribution >= 4 is 29.9 Å². The molecular weight excluding hydrogens is 369 g/mol.